The van der Waals surface area contributed by atoms with Crippen molar-refractivity contribution in [2.45, 2.75) is 19.0 Å². The van der Waals surface area contributed by atoms with E-state index in [0.717, 1.165) is 26.9 Å². The van der Waals surface area contributed by atoms with E-state index >= 15 is 0 Å². The van der Waals surface area contributed by atoms with Gasteiger partial charge in [-0.25, -0.2) is 10.1 Å². The summed E-state index contributed by atoms with van der Waals surface area (Å²) in [5.74, 6) is 6.27. The van der Waals surface area contributed by atoms with E-state index in [1.54, 1.807) is 6.21 Å². The molecule has 3 rings (SSSR count). The van der Waals surface area contributed by atoms with Crippen molar-refractivity contribution in [1.82, 2.24) is 14.9 Å². The van der Waals surface area contributed by atoms with Crippen LogP contribution in [0.5, 0.6) is 0 Å². The minimum absolute atomic E-state index is 0.144. The minimum atomic E-state index is -0.144. The first kappa shape index (κ1) is 20.9. The minimum Gasteiger partial charge on any atom is -0.334 e. The highest BCUT2D eigenvalue weighted by Gasteiger charge is 2.12. The van der Waals surface area contributed by atoms with Gasteiger partial charge >= 0.3 is 0 Å². The molecule has 0 aliphatic rings. The van der Waals surface area contributed by atoms with Gasteiger partial charge in [0.2, 0.25) is 11.1 Å². The molecule has 4 N–H and O–H groups in total. The number of amides is 1. The molecular formula is C19H20BrN7OS. The Bertz CT molecular complexity index is 1030. The van der Waals surface area contributed by atoms with Gasteiger partial charge in [-0.05, 0) is 48.7 Å². The van der Waals surface area contributed by atoms with E-state index < -0.39 is 0 Å². The van der Waals surface area contributed by atoms with Crippen LogP contribution in [0, 0.1) is 13.8 Å². The van der Waals surface area contributed by atoms with Crippen molar-refractivity contribution in [2.24, 2.45) is 5.10 Å². The molecule has 10 heteroatoms. The quantitative estimate of drug-likeness (QED) is 0.209. The summed E-state index contributed by atoms with van der Waals surface area (Å²) in [6, 6.07) is 13.6. The summed E-state index contributed by atoms with van der Waals surface area (Å²) < 4.78 is 2.25. The maximum atomic E-state index is 12.2. The molecule has 8 nitrogen and oxygen atoms in total. The number of aromatic nitrogens is 3. The lowest BCUT2D eigenvalue weighted by atomic mass is 10.1. The second kappa shape index (κ2) is 9.57. The average Bonchev–Trinajstić information content (AvgIpc) is 3.04. The Labute approximate surface area is 181 Å². The standard InChI is InChI=1S/C19H20BrN7OS/c1-12-3-4-13(2)16(9-12)23-17(28)11-29-19-26-25-18(27(19)21)24-22-10-14-5-7-15(20)8-6-14/h3-10H,11,21H2,1-2H3,(H,23,28)(H,24,25)/b22-10+. The van der Waals surface area contributed by atoms with E-state index in [0.29, 0.717) is 5.16 Å². The van der Waals surface area contributed by atoms with Gasteiger partial charge in [-0.3, -0.25) is 4.79 Å². The Kier molecular flexibility index (Phi) is 6.89. The fourth-order valence-electron chi connectivity index (χ4n) is 2.35. The number of rotatable bonds is 7. The first-order valence-electron chi connectivity index (χ1n) is 8.67. The second-order valence-corrected chi connectivity index (χ2v) is 8.11. The fraction of sp³-hybridized carbons (Fsp3) is 0.158. The molecule has 0 fully saturated rings. The second-order valence-electron chi connectivity index (χ2n) is 6.25. The summed E-state index contributed by atoms with van der Waals surface area (Å²) in [5.41, 5.74) is 6.55. The van der Waals surface area contributed by atoms with Crippen LogP contribution in [0.4, 0.5) is 11.6 Å². The molecule has 0 saturated heterocycles. The SMILES string of the molecule is Cc1ccc(C)c(NC(=O)CSc2nnc(N/N=C/c3ccc(Br)cc3)n2N)c1. The van der Waals surface area contributed by atoms with Gasteiger partial charge in [0.25, 0.3) is 5.95 Å². The van der Waals surface area contributed by atoms with Crippen LogP contribution in [0.3, 0.4) is 0 Å². The van der Waals surface area contributed by atoms with E-state index in [9.17, 15) is 4.79 Å². The number of nitrogens with two attached hydrogens (primary N) is 1. The highest BCUT2D eigenvalue weighted by molar-refractivity contribution is 9.10. The molecule has 29 heavy (non-hydrogen) atoms. The molecule has 0 atom stereocenters. The van der Waals surface area contributed by atoms with Crippen LogP contribution in [0.1, 0.15) is 16.7 Å². The third kappa shape index (κ3) is 5.81. The summed E-state index contributed by atoms with van der Waals surface area (Å²) in [7, 11) is 0. The molecule has 150 valence electrons. The number of halogens is 1. The van der Waals surface area contributed by atoms with Crippen molar-refractivity contribution < 1.29 is 4.79 Å². The number of thioether (sulfide) groups is 1. The van der Waals surface area contributed by atoms with Crippen molar-refractivity contribution in [1.29, 1.82) is 0 Å². The summed E-state index contributed by atoms with van der Waals surface area (Å²) in [6.07, 6.45) is 1.64. The van der Waals surface area contributed by atoms with Gasteiger partial charge in [0, 0.05) is 10.2 Å². The number of nitrogens with one attached hydrogen (secondary N) is 2. The number of aryl methyl sites for hydroxylation is 2. The number of benzene rings is 2. The highest BCUT2D eigenvalue weighted by atomic mass is 79.9. The molecule has 0 aliphatic heterocycles. The maximum Gasteiger partial charge on any atom is 0.264 e. The molecule has 0 spiro atoms. The third-order valence-electron chi connectivity index (χ3n) is 3.91. The van der Waals surface area contributed by atoms with Crippen molar-refractivity contribution in [2.75, 3.05) is 22.3 Å². The molecular weight excluding hydrogens is 454 g/mol. The Balaban J connectivity index is 1.54. The van der Waals surface area contributed by atoms with Gasteiger partial charge < -0.3 is 11.2 Å². The number of anilines is 2. The molecule has 0 aliphatic carbocycles. The Morgan fingerprint density at radius 2 is 2.00 bits per heavy atom. The molecule has 1 amide bonds. The number of hydrogen-bond acceptors (Lipinski definition) is 7. The lowest BCUT2D eigenvalue weighted by molar-refractivity contribution is -0.113. The average molecular weight is 474 g/mol. The van der Waals surface area contributed by atoms with Gasteiger partial charge in [0.1, 0.15) is 0 Å². The Hall–Kier alpha value is -2.85. The molecule has 0 radical (unpaired) electrons. The van der Waals surface area contributed by atoms with Crippen molar-refractivity contribution in [3.8, 4) is 0 Å². The van der Waals surface area contributed by atoms with E-state index in [4.69, 9.17) is 5.84 Å². The number of hydrogen-bond donors (Lipinski definition) is 3. The lowest BCUT2D eigenvalue weighted by Crippen LogP contribution is -2.17. The largest absolute Gasteiger partial charge is 0.334 e. The zero-order valence-corrected chi connectivity index (χ0v) is 18.3. The zero-order valence-electron chi connectivity index (χ0n) is 15.9. The summed E-state index contributed by atoms with van der Waals surface area (Å²) in [5, 5.41) is 15.4. The van der Waals surface area contributed by atoms with E-state index in [-0.39, 0.29) is 17.6 Å². The summed E-state index contributed by atoms with van der Waals surface area (Å²) in [6.45, 7) is 3.93. The van der Waals surface area contributed by atoms with Gasteiger partial charge in [0.15, 0.2) is 0 Å². The molecule has 0 saturated carbocycles. The van der Waals surface area contributed by atoms with Gasteiger partial charge in [-0.2, -0.15) is 5.10 Å². The maximum absolute atomic E-state index is 12.2. The van der Waals surface area contributed by atoms with E-state index in [2.05, 4.69) is 42.0 Å². The number of nitrogen functional groups attached to an aromatic ring is 1. The van der Waals surface area contributed by atoms with E-state index in [1.807, 2.05) is 56.3 Å². The van der Waals surface area contributed by atoms with Crippen LogP contribution in [0.2, 0.25) is 0 Å². The number of carbonyl (C=O) groups is 1. The third-order valence-corrected chi connectivity index (χ3v) is 5.38. The molecule has 1 heterocycles. The molecule has 0 bridgehead atoms. The number of hydrazone groups is 1. The van der Waals surface area contributed by atoms with Crippen LogP contribution in [0.25, 0.3) is 0 Å². The van der Waals surface area contributed by atoms with Gasteiger partial charge in [-0.15, -0.1) is 10.2 Å². The predicted octanol–water partition coefficient (Wildman–Crippen LogP) is 3.55. The Morgan fingerprint density at radius 3 is 2.76 bits per heavy atom. The topological polar surface area (TPSA) is 110 Å². The highest BCUT2D eigenvalue weighted by Crippen LogP contribution is 2.19. The first-order valence-corrected chi connectivity index (χ1v) is 10.5. The summed E-state index contributed by atoms with van der Waals surface area (Å²) >= 11 is 4.58. The van der Waals surface area contributed by atoms with Crippen molar-refractivity contribution in [3.63, 3.8) is 0 Å². The van der Waals surface area contributed by atoms with Crippen LogP contribution in [-0.2, 0) is 4.79 Å². The number of nitrogens with zero attached hydrogens (tertiary/aromatic N) is 4. The van der Waals surface area contributed by atoms with Gasteiger partial charge in [-0.1, -0.05) is 52.0 Å². The fourth-order valence-corrected chi connectivity index (χ4v) is 3.27. The molecule has 1 aromatic heterocycles. The van der Waals surface area contributed by atoms with Gasteiger partial charge in [0.05, 0.1) is 12.0 Å². The lowest BCUT2D eigenvalue weighted by Gasteiger charge is -2.09. The zero-order chi connectivity index (χ0) is 20.8. The number of carbonyl (C=O) groups excluding carboxylic acids is 1. The van der Waals surface area contributed by atoms with E-state index in [1.165, 1.54) is 16.4 Å². The normalized spacial score (nSPS) is 11.0. The predicted molar refractivity (Wildman–Crippen MR) is 121 cm³/mol. The van der Waals surface area contributed by atoms with Crippen LogP contribution >= 0.6 is 27.7 Å². The smallest absolute Gasteiger partial charge is 0.264 e. The summed E-state index contributed by atoms with van der Waals surface area (Å²) in [4.78, 5) is 12.2. The molecule has 3 aromatic rings. The van der Waals surface area contributed by atoms with Crippen LogP contribution in [0.15, 0.2) is 57.2 Å². The first-order chi connectivity index (χ1) is 13.9. The van der Waals surface area contributed by atoms with Crippen LogP contribution in [-0.4, -0.2) is 32.7 Å². The van der Waals surface area contributed by atoms with Crippen molar-refractivity contribution in [3.05, 3.63) is 63.6 Å². The monoisotopic (exact) mass is 473 g/mol. The van der Waals surface area contributed by atoms with Crippen LogP contribution < -0.4 is 16.6 Å². The van der Waals surface area contributed by atoms with Crippen molar-refractivity contribution >= 4 is 51.4 Å². The molecule has 2 aromatic carbocycles. The molecule has 0 unspecified atom stereocenters. The Morgan fingerprint density at radius 1 is 1.24 bits per heavy atom.